The predicted molar refractivity (Wildman–Crippen MR) is 77.2 cm³/mol. The number of nitrogens with zero attached hydrogens (tertiary/aromatic N) is 2. The maximum atomic E-state index is 8.97. The predicted octanol–water partition coefficient (Wildman–Crippen LogP) is 3.37. The summed E-state index contributed by atoms with van der Waals surface area (Å²) in [4.78, 5) is 2.46. The van der Waals surface area contributed by atoms with Crippen LogP contribution in [0.4, 0.5) is 0 Å². The largest absolute Gasteiger partial charge is 0.411 e. The van der Waals surface area contributed by atoms with Crippen LogP contribution in [-0.2, 0) is 0 Å². The molecule has 0 amide bonds. The molecule has 0 spiro atoms. The first-order valence-corrected chi connectivity index (χ1v) is 7.23. The molecular formula is C15H19ClN2O. The van der Waals surface area contributed by atoms with Crippen LogP contribution in [0.2, 0.25) is 5.02 Å². The Balaban J connectivity index is 1.93. The topological polar surface area (TPSA) is 35.8 Å². The van der Waals surface area contributed by atoms with Gasteiger partial charge in [-0.15, -0.1) is 5.16 Å². The fourth-order valence-electron chi connectivity index (χ4n) is 3.86. The summed E-state index contributed by atoms with van der Waals surface area (Å²) in [5, 5.41) is 13.1. The van der Waals surface area contributed by atoms with Crippen molar-refractivity contribution in [1.82, 2.24) is 4.90 Å². The Hall–Kier alpha value is -1.06. The van der Waals surface area contributed by atoms with E-state index in [0.29, 0.717) is 18.0 Å². The smallest absolute Gasteiger partial charge is 0.0488 e. The summed E-state index contributed by atoms with van der Waals surface area (Å²) in [7, 11) is 2.19. The molecule has 2 bridgehead atoms. The van der Waals surface area contributed by atoms with Crippen LogP contribution >= 0.6 is 11.6 Å². The quantitative estimate of drug-likeness (QED) is 0.511. The van der Waals surface area contributed by atoms with Gasteiger partial charge in [-0.25, -0.2) is 0 Å². The Kier molecular flexibility index (Phi) is 3.50. The van der Waals surface area contributed by atoms with Gasteiger partial charge in [0.15, 0.2) is 0 Å². The van der Waals surface area contributed by atoms with Gasteiger partial charge in [-0.05, 0) is 49.9 Å². The second-order valence-electron chi connectivity index (χ2n) is 5.70. The Morgan fingerprint density at radius 2 is 2.05 bits per heavy atom. The summed E-state index contributed by atoms with van der Waals surface area (Å²) in [5.74, 6) is 0.719. The molecule has 2 fully saturated rings. The SMILES string of the molecule is CN1C2CC[C@@H]1[C@H](C=NO)[C@@H](c1ccc(Cl)cc1)C2. The van der Waals surface area contributed by atoms with Crippen molar-refractivity contribution >= 4 is 17.8 Å². The van der Waals surface area contributed by atoms with Gasteiger partial charge in [0.05, 0.1) is 0 Å². The van der Waals surface area contributed by atoms with Crippen LogP contribution in [0, 0.1) is 5.92 Å². The number of rotatable bonds is 2. The number of hydrogen-bond acceptors (Lipinski definition) is 3. The van der Waals surface area contributed by atoms with Gasteiger partial charge in [-0.1, -0.05) is 23.7 Å². The minimum atomic E-state index is 0.287. The Morgan fingerprint density at radius 1 is 1.32 bits per heavy atom. The molecule has 2 heterocycles. The molecule has 2 aliphatic rings. The first-order valence-electron chi connectivity index (χ1n) is 6.85. The summed E-state index contributed by atoms with van der Waals surface area (Å²) in [5.41, 5.74) is 1.30. The lowest BCUT2D eigenvalue weighted by atomic mass is 9.77. The lowest BCUT2D eigenvalue weighted by molar-refractivity contribution is 0.133. The van der Waals surface area contributed by atoms with Crippen molar-refractivity contribution in [2.75, 3.05) is 7.05 Å². The average Bonchev–Trinajstić information content (AvgIpc) is 2.65. The van der Waals surface area contributed by atoms with E-state index in [-0.39, 0.29) is 5.92 Å². The normalized spacial score (nSPS) is 35.1. The molecule has 19 heavy (non-hydrogen) atoms. The number of oxime groups is 1. The first kappa shape index (κ1) is 12.9. The molecule has 2 aliphatic heterocycles. The lowest BCUT2D eigenvalue weighted by Crippen LogP contribution is -2.46. The van der Waals surface area contributed by atoms with Crippen molar-refractivity contribution in [3.05, 3.63) is 34.9 Å². The van der Waals surface area contributed by atoms with Crippen LogP contribution in [0.1, 0.15) is 30.7 Å². The summed E-state index contributed by atoms with van der Waals surface area (Å²) in [6.45, 7) is 0. The molecule has 1 unspecified atom stereocenters. The Morgan fingerprint density at radius 3 is 2.74 bits per heavy atom. The minimum absolute atomic E-state index is 0.287. The molecular weight excluding hydrogens is 260 g/mol. The molecule has 3 nitrogen and oxygen atoms in total. The molecule has 1 aromatic rings. The highest BCUT2D eigenvalue weighted by atomic mass is 35.5. The highest BCUT2D eigenvalue weighted by molar-refractivity contribution is 6.30. The lowest BCUT2D eigenvalue weighted by Gasteiger charge is -2.41. The maximum absolute atomic E-state index is 8.97. The number of hydrogen-bond donors (Lipinski definition) is 1. The van der Waals surface area contributed by atoms with E-state index >= 15 is 0 Å². The van der Waals surface area contributed by atoms with Crippen molar-refractivity contribution in [3.63, 3.8) is 0 Å². The number of fused-ring (bicyclic) bond motifs is 2. The summed E-state index contributed by atoms with van der Waals surface area (Å²) >= 11 is 5.97. The summed E-state index contributed by atoms with van der Waals surface area (Å²) in [6.07, 6.45) is 5.30. The molecule has 3 rings (SSSR count). The van der Waals surface area contributed by atoms with Crippen molar-refractivity contribution in [3.8, 4) is 0 Å². The second-order valence-corrected chi connectivity index (χ2v) is 6.14. The van der Waals surface area contributed by atoms with E-state index < -0.39 is 0 Å². The van der Waals surface area contributed by atoms with Crippen LogP contribution in [-0.4, -0.2) is 35.5 Å². The van der Waals surface area contributed by atoms with Crippen LogP contribution in [0.25, 0.3) is 0 Å². The number of piperidine rings is 1. The van der Waals surface area contributed by atoms with Crippen LogP contribution in [0.5, 0.6) is 0 Å². The second kappa shape index (κ2) is 5.14. The zero-order valence-electron chi connectivity index (χ0n) is 11.0. The van der Waals surface area contributed by atoms with Crippen LogP contribution in [0.3, 0.4) is 0 Å². The summed E-state index contributed by atoms with van der Waals surface area (Å²) < 4.78 is 0. The molecule has 102 valence electrons. The maximum Gasteiger partial charge on any atom is 0.0488 e. The number of halogens is 1. The molecule has 0 aliphatic carbocycles. The Bertz CT molecular complexity index is 474. The van der Waals surface area contributed by atoms with Gasteiger partial charge in [-0.2, -0.15) is 0 Å². The molecule has 1 aromatic carbocycles. The third kappa shape index (κ3) is 2.26. The molecule has 4 atom stereocenters. The van der Waals surface area contributed by atoms with Crippen molar-refractivity contribution in [2.24, 2.45) is 11.1 Å². The first-order chi connectivity index (χ1) is 9.20. The van der Waals surface area contributed by atoms with E-state index in [2.05, 4.69) is 29.2 Å². The van der Waals surface area contributed by atoms with E-state index in [1.54, 1.807) is 6.21 Å². The minimum Gasteiger partial charge on any atom is -0.411 e. The fourth-order valence-corrected chi connectivity index (χ4v) is 3.98. The van der Waals surface area contributed by atoms with Gasteiger partial charge in [-0.3, -0.25) is 4.90 Å². The van der Waals surface area contributed by atoms with Crippen molar-refractivity contribution < 1.29 is 5.21 Å². The van der Waals surface area contributed by atoms with Gasteiger partial charge in [0.2, 0.25) is 0 Å². The molecule has 2 saturated heterocycles. The monoisotopic (exact) mass is 278 g/mol. The van der Waals surface area contributed by atoms with E-state index in [0.717, 1.165) is 11.4 Å². The van der Waals surface area contributed by atoms with Crippen LogP contribution in [0.15, 0.2) is 29.4 Å². The third-order valence-corrected chi connectivity index (χ3v) is 5.12. The van der Waals surface area contributed by atoms with Gasteiger partial charge in [0, 0.05) is 29.2 Å². The average molecular weight is 279 g/mol. The molecule has 0 aromatic heterocycles. The van der Waals surface area contributed by atoms with E-state index in [1.807, 2.05) is 12.1 Å². The molecule has 1 N–H and O–H groups in total. The van der Waals surface area contributed by atoms with E-state index in [9.17, 15) is 0 Å². The highest BCUT2D eigenvalue weighted by Crippen LogP contribution is 2.45. The standard InChI is InChI=1S/C15H19ClN2O/c1-18-12-6-7-15(18)14(9-17-19)13(8-12)10-2-4-11(16)5-3-10/h2-5,9,12-15,19H,6-8H2,1H3/t12?,13-,14-,15-/m1/s1. The molecule has 4 heteroatoms. The van der Waals surface area contributed by atoms with Crippen LogP contribution < -0.4 is 0 Å². The third-order valence-electron chi connectivity index (χ3n) is 4.87. The zero-order valence-corrected chi connectivity index (χ0v) is 11.8. The van der Waals surface area contributed by atoms with Gasteiger partial charge in [0.1, 0.15) is 0 Å². The zero-order chi connectivity index (χ0) is 13.4. The van der Waals surface area contributed by atoms with Crippen molar-refractivity contribution in [2.45, 2.75) is 37.3 Å². The van der Waals surface area contributed by atoms with Gasteiger partial charge in [0.25, 0.3) is 0 Å². The Labute approximate surface area is 118 Å². The van der Waals surface area contributed by atoms with E-state index in [4.69, 9.17) is 16.8 Å². The fraction of sp³-hybridized carbons (Fsp3) is 0.533. The molecule has 0 radical (unpaired) electrons. The van der Waals surface area contributed by atoms with Gasteiger partial charge >= 0.3 is 0 Å². The highest BCUT2D eigenvalue weighted by Gasteiger charge is 2.45. The van der Waals surface area contributed by atoms with Gasteiger partial charge < -0.3 is 5.21 Å². The van der Waals surface area contributed by atoms with E-state index in [1.165, 1.54) is 18.4 Å². The summed E-state index contributed by atoms with van der Waals surface area (Å²) in [6, 6.07) is 9.27. The van der Waals surface area contributed by atoms with Crippen molar-refractivity contribution in [1.29, 1.82) is 0 Å². The number of benzene rings is 1. The molecule has 0 saturated carbocycles.